The number of carboxylic acids is 1. The number of hydrogen-bond acceptors (Lipinski definition) is 25. The molecule has 42 nitrogen and oxygen atoms in total. The summed E-state index contributed by atoms with van der Waals surface area (Å²) in [7, 11) is -4.72. The number of imide groups is 1. The maximum absolute atomic E-state index is 14.4. The number of aliphatic carboxylic acids is 1. The number of urea groups is 1. The molecular weight excluding hydrogens is 1770 g/mol. The van der Waals surface area contributed by atoms with Crippen molar-refractivity contribution < 1.29 is 120 Å². The Labute approximate surface area is 778 Å². The van der Waals surface area contributed by atoms with Gasteiger partial charge in [0.2, 0.25) is 82.7 Å². The lowest BCUT2D eigenvalue weighted by molar-refractivity contribution is -0.140. The van der Waals surface area contributed by atoms with Crippen molar-refractivity contribution in [2.45, 2.75) is 221 Å². The van der Waals surface area contributed by atoms with Gasteiger partial charge in [-0.2, -0.15) is 0 Å². The second-order valence-electron chi connectivity index (χ2n) is 33.2. The number of para-hydroxylation sites is 1. The molecule has 2 heterocycles. The summed E-state index contributed by atoms with van der Waals surface area (Å²) < 4.78 is 33.7. The fourth-order valence-electron chi connectivity index (χ4n) is 14.7. The van der Waals surface area contributed by atoms with Crippen LogP contribution in [0.5, 0.6) is 0 Å². The molecule has 3 fully saturated rings. The molecule has 16 amide bonds. The summed E-state index contributed by atoms with van der Waals surface area (Å²) in [5, 5.41) is 52.3. The average Bonchev–Trinajstić information content (AvgIpc) is 1.74. The summed E-state index contributed by atoms with van der Waals surface area (Å²) in [5.41, 5.74) is 13.5. The van der Waals surface area contributed by atoms with E-state index in [-0.39, 0.29) is 255 Å². The molecule has 44 heteroatoms. The zero-order valence-corrected chi connectivity index (χ0v) is 77.5. The van der Waals surface area contributed by atoms with Crippen LogP contribution in [0.25, 0.3) is 6.08 Å². The molecule has 0 spiro atoms. The van der Waals surface area contributed by atoms with Crippen molar-refractivity contribution >= 4 is 132 Å². The first-order valence-corrected chi connectivity index (χ1v) is 48.0. The number of carboxylic acid groups (broad SMARTS) is 1. The van der Waals surface area contributed by atoms with Crippen LogP contribution < -0.4 is 80.6 Å². The highest BCUT2D eigenvalue weighted by atomic mass is 32.2. The minimum absolute atomic E-state index is 0.00533. The first-order valence-electron chi connectivity index (χ1n) is 45.4. The quantitative estimate of drug-likeness (QED) is 0.0166. The average molecular weight is 1910 g/mol. The van der Waals surface area contributed by atoms with E-state index in [1.807, 2.05) is 19.1 Å². The molecule has 2 saturated carbocycles. The number of aryl methyl sites for hydroxylation is 1. The Hall–Kier alpha value is -10.9. The van der Waals surface area contributed by atoms with Crippen molar-refractivity contribution in [3.8, 4) is 0 Å². The number of amides is 16. The van der Waals surface area contributed by atoms with Gasteiger partial charge in [-0.25, -0.2) is 4.79 Å². The van der Waals surface area contributed by atoms with Crippen molar-refractivity contribution in [2.75, 3.05) is 122 Å². The van der Waals surface area contributed by atoms with Gasteiger partial charge in [0.05, 0.1) is 70.6 Å². The SMILES string of the molecule is Cc1ccccc1NC(=O)Nc1ccc(CC(=O)N[C@@H](CCCCNC(=O)/C=C/c2cccnc2)C(=O)N[C@@H](CCCC(=O)O)C(=O)NC2(C(=O)NCCOCCOCCNC(=O)CCC(=O)NCCOCCOCCNC(=O)CCC(=O)N[C@@H](CCCCNC(=O)[C@H](N)CSC3CC(=O)N(CC4CCC(C(=O)NCCCC(C)(O)P(=O)(O)O)CC4)C3=O)C(N)=O)CCCCC2)cc1. The number of nitrogens with zero attached hydrogens (tertiary/aromatic N) is 2. The third kappa shape index (κ3) is 43.8. The number of carbonyl (C=O) groups is 16. The summed E-state index contributed by atoms with van der Waals surface area (Å²) in [4.78, 5) is 231. The third-order valence-electron chi connectivity index (χ3n) is 22.4. The topological polar surface area (TPSA) is 633 Å². The van der Waals surface area contributed by atoms with Crippen LogP contribution in [-0.4, -0.2) is 276 Å². The number of likely N-dealkylation sites (tertiary alicyclic amines) is 1. The summed E-state index contributed by atoms with van der Waals surface area (Å²) in [6, 6.07) is 12.4. The number of anilines is 2. The van der Waals surface area contributed by atoms with E-state index < -0.39 is 107 Å². The standard InChI is InChI=1S/C89H134N17O25PS/c1-60-15-4-5-17-67(60)104-87(123)100-65-29-24-61(25-30-65)55-77(112)102-69(19-7-10-40-93-72(107)31-26-62-16-13-39-92-57-62)83(119)103-70(20-12-21-79(114)115)84(120)105-89(37-8-3-9-38-89)86(122)99-46-50-131-54-53-130-48-44-95-74(109)33-32-73(108)94-43-47-128-51-52-129-49-45-96-75(110)34-35-76(111)101-68(80(91)116)18-6-11-41-98-82(118)66(90)59-133-71-56-78(113)106(85(71)121)58-63-22-27-64(28-23-63)81(117)97-42-14-36-88(2,124)132(125,126)127/h4-5,13,15-17,24-26,29-31,39,57,63-64,66,68-71,124H,3,6-12,14,18-23,27-28,32-38,40-56,58-59,90H2,1-2H3,(H2,91,116)(H,93,107)(H,94,108)(H,95,109)(H,96,110)(H,97,117)(H,98,118)(H,99,122)(H,101,111)(H,102,112)(H,103,119)(H,105,120)(H,114,115)(H2,100,104,123)(H2,125,126,127)/b31-26+/t63?,64?,66-,68+,69+,70+,71?,88?/m1/s1. The number of nitrogens with two attached hydrogens (primary N) is 2. The Kier molecular flexibility index (Phi) is 50.3. The number of thioether (sulfide) groups is 1. The molecule has 6 rings (SSSR count). The Bertz CT molecular complexity index is 4360. The Balaban J connectivity index is 0.761. The molecule has 2 aromatic carbocycles. The van der Waals surface area contributed by atoms with Crippen LogP contribution >= 0.6 is 19.4 Å². The molecule has 736 valence electrons. The summed E-state index contributed by atoms with van der Waals surface area (Å²) >= 11 is 1.12. The zero-order valence-electron chi connectivity index (χ0n) is 75.8. The van der Waals surface area contributed by atoms with Crippen LogP contribution in [-0.2, 0) is 102 Å². The van der Waals surface area contributed by atoms with Gasteiger partial charge in [0.1, 0.15) is 23.7 Å². The number of unbranched alkanes of at least 4 members (excludes halogenated alkanes) is 2. The van der Waals surface area contributed by atoms with E-state index in [0.717, 1.165) is 36.2 Å². The molecule has 2 aliphatic carbocycles. The van der Waals surface area contributed by atoms with Crippen LogP contribution in [0.3, 0.4) is 0 Å². The van der Waals surface area contributed by atoms with Gasteiger partial charge in [-0.05, 0) is 170 Å². The maximum Gasteiger partial charge on any atom is 0.356 e. The molecule has 0 radical (unpaired) electrons. The second-order valence-corrected chi connectivity index (χ2v) is 36.5. The number of ether oxygens (including phenoxy) is 4. The monoisotopic (exact) mass is 1900 g/mol. The third-order valence-corrected chi connectivity index (χ3v) is 25.2. The number of carbonyl (C=O) groups excluding carboxylic acids is 15. The first kappa shape index (κ1) is 111. The predicted molar refractivity (Wildman–Crippen MR) is 491 cm³/mol. The maximum atomic E-state index is 14.4. The smallest absolute Gasteiger partial charge is 0.356 e. The highest BCUT2D eigenvalue weighted by molar-refractivity contribution is 8.00. The van der Waals surface area contributed by atoms with Crippen molar-refractivity contribution in [3.63, 3.8) is 0 Å². The number of primary amides is 1. The molecule has 133 heavy (non-hydrogen) atoms. The Morgan fingerprint density at radius 3 is 1.74 bits per heavy atom. The largest absolute Gasteiger partial charge is 0.481 e. The van der Waals surface area contributed by atoms with E-state index in [1.165, 1.54) is 11.0 Å². The summed E-state index contributed by atoms with van der Waals surface area (Å²) in [6.07, 6.45) is 11.5. The Morgan fingerprint density at radius 2 is 1.16 bits per heavy atom. The highest BCUT2D eigenvalue weighted by Crippen LogP contribution is 2.51. The lowest BCUT2D eigenvalue weighted by Gasteiger charge is -2.38. The summed E-state index contributed by atoms with van der Waals surface area (Å²) in [5.74, 6) is -8.08. The summed E-state index contributed by atoms with van der Waals surface area (Å²) in [6.45, 7) is 5.36. The van der Waals surface area contributed by atoms with Crippen LogP contribution in [0, 0.1) is 18.8 Å². The normalized spacial score (nSPS) is 16.7. The van der Waals surface area contributed by atoms with Crippen molar-refractivity contribution in [1.82, 2.24) is 68.4 Å². The molecule has 3 aliphatic rings. The van der Waals surface area contributed by atoms with E-state index in [2.05, 4.69) is 74.1 Å². The second kappa shape index (κ2) is 60.4. The van der Waals surface area contributed by atoms with E-state index >= 15 is 0 Å². The van der Waals surface area contributed by atoms with Crippen molar-refractivity contribution in [2.24, 2.45) is 23.3 Å². The zero-order chi connectivity index (χ0) is 97.0. The molecule has 1 aliphatic heterocycles. The molecule has 6 atom stereocenters. The molecule has 21 N–H and O–H groups in total. The number of aliphatic hydroxyl groups is 1. The van der Waals surface area contributed by atoms with Crippen LogP contribution in [0.2, 0.25) is 0 Å². The van der Waals surface area contributed by atoms with Crippen molar-refractivity contribution in [1.29, 1.82) is 0 Å². The van der Waals surface area contributed by atoms with Gasteiger partial charge in [0, 0.05) is 132 Å². The minimum atomic E-state index is -4.72. The van der Waals surface area contributed by atoms with Gasteiger partial charge < -0.3 is 120 Å². The first-order chi connectivity index (χ1) is 63.6. The fraction of sp³-hybridized carbons (Fsp3) is 0.607. The molecule has 1 saturated heterocycles. The van der Waals surface area contributed by atoms with Crippen molar-refractivity contribution in [3.05, 3.63) is 95.8 Å². The minimum Gasteiger partial charge on any atom is -0.481 e. The van der Waals surface area contributed by atoms with E-state index in [0.29, 0.717) is 81.1 Å². The van der Waals surface area contributed by atoms with E-state index in [9.17, 15) is 101 Å². The van der Waals surface area contributed by atoms with E-state index in [1.54, 1.807) is 67.0 Å². The number of pyridine rings is 1. The van der Waals surface area contributed by atoms with Gasteiger partial charge in [-0.3, -0.25) is 86.4 Å². The van der Waals surface area contributed by atoms with Gasteiger partial charge in [-0.1, -0.05) is 55.7 Å². The van der Waals surface area contributed by atoms with Gasteiger partial charge in [0.25, 0.3) is 0 Å². The molecular formula is C89H134N17O25PS. The Morgan fingerprint density at radius 1 is 0.602 bits per heavy atom. The number of benzene rings is 2. The van der Waals surface area contributed by atoms with Gasteiger partial charge in [0.15, 0.2) is 5.34 Å². The number of nitrogens with one attached hydrogen (secondary N) is 13. The van der Waals surface area contributed by atoms with Gasteiger partial charge >= 0.3 is 19.6 Å². The van der Waals surface area contributed by atoms with Gasteiger partial charge in [-0.15, -0.1) is 11.8 Å². The van der Waals surface area contributed by atoms with Crippen LogP contribution in [0.1, 0.15) is 184 Å². The fourth-order valence-corrected chi connectivity index (χ4v) is 16.2. The molecule has 2 unspecified atom stereocenters. The van der Waals surface area contributed by atoms with E-state index in [4.69, 9.17) is 30.4 Å². The highest BCUT2D eigenvalue weighted by Gasteiger charge is 2.44. The van der Waals surface area contributed by atoms with Crippen LogP contribution in [0.15, 0.2) is 79.1 Å². The number of rotatable bonds is 64. The number of aromatic nitrogens is 1. The molecule has 3 aromatic rings. The number of hydrogen-bond donors (Lipinski definition) is 19. The lowest BCUT2D eigenvalue weighted by Crippen LogP contribution is -2.63. The molecule has 0 bridgehead atoms. The predicted octanol–water partition coefficient (Wildman–Crippen LogP) is 1.75. The molecule has 1 aromatic heterocycles. The lowest BCUT2D eigenvalue weighted by atomic mass is 9.80. The van der Waals surface area contributed by atoms with Crippen LogP contribution in [0.4, 0.5) is 16.2 Å².